The highest BCUT2D eigenvalue weighted by Crippen LogP contribution is 2.38. The molecule has 0 aromatic carbocycles. The minimum absolute atomic E-state index is 0.0707. The van der Waals surface area contributed by atoms with Crippen LogP contribution < -0.4 is 24.5 Å². The first-order valence-electron chi connectivity index (χ1n) is 5.55. The predicted molar refractivity (Wildman–Crippen MR) is 53.3 cm³/mol. The molecule has 1 aliphatic rings. The van der Waals surface area contributed by atoms with E-state index in [0.717, 1.165) is 37.3 Å². The molecule has 0 aromatic heterocycles. The lowest BCUT2D eigenvalue weighted by atomic mass is 10.1. The monoisotopic (exact) mass is 284 g/mol. The fraction of sp³-hybridized carbons (Fsp3) is 1.00. The van der Waals surface area contributed by atoms with Gasteiger partial charge in [0.2, 0.25) is 0 Å². The van der Waals surface area contributed by atoms with E-state index in [-0.39, 0.29) is 6.54 Å². The molecule has 1 heterocycles. The summed E-state index contributed by atoms with van der Waals surface area (Å²) in [7, 11) is -10.0. The molecule has 9 heteroatoms. The van der Waals surface area contributed by atoms with Gasteiger partial charge in [-0.05, 0) is 25.4 Å². The molecule has 0 unspecified atom stereocenters. The summed E-state index contributed by atoms with van der Waals surface area (Å²) < 4.78 is 21.5. The van der Waals surface area contributed by atoms with E-state index in [2.05, 4.69) is 0 Å². The molecule has 1 aliphatic heterocycles. The first-order chi connectivity index (χ1) is 7.68. The number of piperidine rings is 1. The van der Waals surface area contributed by atoms with Gasteiger partial charge in [0.25, 0.3) is 0 Å². The quantitative estimate of drug-likeness (QED) is 0.516. The third-order valence-corrected chi connectivity index (χ3v) is 5.40. The fourth-order valence-corrected chi connectivity index (χ4v) is 4.65. The van der Waals surface area contributed by atoms with Crippen LogP contribution in [0.3, 0.4) is 0 Å². The van der Waals surface area contributed by atoms with Crippen molar-refractivity contribution in [3.63, 3.8) is 0 Å². The smallest absolute Gasteiger partial charge is 0.0849 e. The highest BCUT2D eigenvalue weighted by atomic mass is 31.2. The Balaban J connectivity index is 2.63. The molecule has 0 spiro atoms. The summed E-state index contributed by atoms with van der Waals surface area (Å²) in [5, 5.41) is 0. The summed E-state index contributed by atoms with van der Waals surface area (Å²) >= 11 is 0. The fourth-order valence-electron chi connectivity index (χ4n) is 2.12. The highest BCUT2D eigenvalue weighted by molar-refractivity contribution is 7.53. The Kier molecular flexibility index (Phi) is 5.35. The second kappa shape index (κ2) is 5.93. The van der Waals surface area contributed by atoms with Crippen molar-refractivity contribution < 1.29 is 33.6 Å². The van der Waals surface area contributed by atoms with Gasteiger partial charge in [0.15, 0.2) is 0 Å². The summed E-state index contributed by atoms with van der Waals surface area (Å²) in [5.74, 6) is 0. The Hall–Kier alpha value is 0.260. The number of hydrogen-bond acceptors (Lipinski definition) is 6. The molecule has 0 radical (unpaired) electrons. The van der Waals surface area contributed by atoms with Gasteiger partial charge in [0.05, 0.1) is 19.6 Å². The van der Waals surface area contributed by atoms with E-state index in [0.29, 0.717) is 0 Å². The second-order valence-electron chi connectivity index (χ2n) is 4.50. The molecular formula is C8H16NO6P2-3. The molecule has 7 nitrogen and oxygen atoms in total. The lowest BCUT2D eigenvalue weighted by Gasteiger charge is -2.44. The Labute approximate surface area is 100 Å². The molecular weight excluding hydrogens is 268 g/mol. The lowest BCUT2D eigenvalue weighted by molar-refractivity contribution is -0.904. The molecule has 102 valence electrons. The van der Waals surface area contributed by atoms with Crippen LogP contribution in [0.15, 0.2) is 0 Å². The average Bonchev–Trinajstić information content (AvgIpc) is 2.15. The van der Waals surface area contributed by atoms with Gasteiger partial charge < -0.3 is 33.6 Å². The Morgan fingerprint density at radius 3 is 1.94 bits per heavy atom. The van der Waals surface area contributed by atoms with Crippen molar-refractivity contribution >= 4 is 15.2 Å². The SMILES string of the molecule is O=P([O-])([O-])C[C@@H](C[NH+]1CCCCC1)P(=O)([O-])[O-]. The number of nitrogens with one attached hydrogen (secondary N) is 1. The molecule has 1 rings (SSSR count). The maximum Gasteiger partial charge on any atom is 0.0849 e. The van der Waals surface area contributed by atoms with Crippen LogP contribution >= 0.6 is 15.2 Å². The second-order valence-corrected chi connectivity index (χ2v) is 7.90. The van der Waals surface area contributed by atoms with Crippen LogP contribution in [-0.4, -0.2) is 31.5 Å². The van der Waals surface area contributed by atoms with Crippen molar-refractivity contribution in [3.8, 4) is 0 Å². The summed E-state index contributed by atoms with van der Waals surface area (Å²) in [5.41, 5.74) is -1.59. The van der Waals surface area contributed by atoms with Gasteiger partial charge in [-0.3, -0.25) is 0 Å². The van der Waals surface area contributed by atoms with E-state index in [1.54, 1.807) is 0 Å². The molecule has 0 aromatic rings. The van der Waals surface area contributed by atoms with Crippen molar-refractivity contribution in [2.45, 2.75) is 24.9 Å². The normalized spacial score (nSPS) is 21.4. The van der Waals surface area contributed by atoms with E-state index in [4.69, 9.17) is 0 Å². The standard InChI is InChI=1S/C8H19NO6P2/c10-16(11,12)7-8(17(13,14)15)6-9-4-2-1-3-5-9/h8H,1-7H2,(H2,10,11,12)(H2,13,14,15)/p-3/t8-/m1/s1. The minimum Gasteiger partial charge on any atom is -0.811 e. The Morgan fingerprint density at radius 2 is 1.53 bits per heavy atom. The van der Waals surface area contributed by atoms with Crippen molar-refractivity contribution in [2.75, 3.05) is 25.8 Å². The van der Waals surface area contributed by atoms with Crippen LogP contribution in [0.25, 0.3) is 0 Å². The molecule has 1 saturated heterocycles. The molecule has 17 heavy (non-hydrogen) atoms. The van der Waals surface area contributed by atoms with E-state index >= 15 is 0 Å². The van der Waals surface area contributed by atoms with Crippen LogP contribution in [0.2, 0.25) is 0 Å². The summed E-state index contributed by atoms with van der Waals surface area (Å²) in [4.78, 5) is 44.0. The maximum atomic E-state index is 10.9. The van der Waals surface area contributed by atoms with Gasteiger partial charge in [-0.1, -0.05) is 15.2 Å². The number of hydrogen-bond donors (Lipinski definition) is 1. The van der Waals surface area contributed by atoms with Gasteiger partial charge in [0, 0.05) is 5.66 Å². The van der Waals surface area contributed by atoms with Crippen LogP contribution in [0.1, 0.15) is 19.3 Å². The topological polar surface area (TPSA) is 131 Å². The van der Waals surface area contributed by atoms with Crippen LogP contribution in [0.5, 0.6) is 0 Å². The van der Waals surface area contributed by atoms with Crippen molar-refractivity contribution in [3.05, 3.63) is 0 Å². The zero-order valence-electron chi connectivity index (χ0n) is 9.37. The van der Waals surface area contributed by atoms with Crippen molar-refractivity contribution in [2.24, 2.45) is 0 Å². The Morgan fingerprint density at radius 1 is 1.00 bits per heavy atom. The molecule has 0 amide bonds. The zero-order chi connectivity index (χ0) is 13.1. The third-order valence-electron chi connectivity index (χ3n) is 2.97. The molecule has 1 fully saturated rings. The lowest BCUT2D eigenvalue weighted by Crippen LogP contribution is -3.14. The first-order valence-corrected chi connectivity index (χ1v) is 8.89. The van der Waals surface area contributed by atoms with Gasteiger partial charge in [-0.15, -0.1) is 0 Å². The van der Waals surface area contributed by atoms with Crippen LogP contribution in [0.4, 0.5) is 0 Å². The average molecular weight is 284 g/mol. The number of likely N-dealkylation sites (tertiary alicyclic amines) is 1. The maximum absolute atomic E-state index is 10.9. The van der Waals surface area contributed by atoms with Crippen LogP contribution in [-0.2, 0) is 9.13 Å². The number of quaternary nitrogens is 1. The van der Waals surface area contributed by atoms with Gasteiger partial charge in [-0.25, -0.2) is 0 Å². The first kappa shape index (κ1) is 15.3. The van der Waals surface area contributed by atoms with E-state index < -0.39 is 27.0 Å². The van der Waals surface area contributed by atoms with E-state index in [1.165, 1.54) is 0 Å². The minimum atomic E-state index is -5.03. The van der Waals surface area contributed by atoms with Gasteiger partial charge in [-0.2, -0.15) is 0 Å². The van der Waals surface area contributed by atoms with E-state index in [9.17, 15) is 28.7 Å². The molecule has 0 aliphatic carbocycles. The summed E-state index contributed by atoms with van der Waals surface area (Å²) in [6.45, 7) is 1.37. The third kappa shape index (κ3) is 6.11. The number of rotatable bonds is 5. The van der Waals surface area contributed by atoms with E-state index in [1.807, 2.05) is 0 Å². The largest absolute Gasteiger partial charge is 0.811 e. The van der Waals surface area contributed by atoms with Gasteiger partial charge >= 0.3 is 0 Å². The van der Waals surface area contributed by atoms with Crippen LogP contribution in [0, 0.1) is 0 Å². The van der Waals surface area contributed by atoms with Crippen molar-refractivity contribution in [1.82, 2.24) is 0 Å². The molecule has 1 N–H and O–H groups in total. The summed E-state index contributed by atoms with van der Waals surface area (Å²) in [6, 6.07) is 0. The molecule has 0 bridgehead atoms. The van der Waals surface area contributed by atoms with Crippen molar-refractivity contribution in [1.29, 1.82) is 0 Å². The highest BCUT2D eigenvalue weighted by Gasteiger charge is 2.22. The summed E-state index contributed by atoms with van der Waals surface area (Å²) in [6.07, 6.45) is 1.83. The Bertz CT molecular complexity index is 331. The predicted octanol–water partition coefficient (Wildman–Crippen LogP) is -3.75. The zero-order valence-corrected chi connectivity index (χ0v) is 11.2. The molecule has 1 atom stereocenters. The van der Waals surface area contributed by atoms with Gasteiger partial charge in [0.1, 0.15) is 0 Å². The molecule has 0 saturated carbocycles.